The lowest BCUT2D eigenvalue weighted by atomic mass is 9.96. The fourth-order valence-electron chi connectivity index (χ4n) is 2.23. The van der Waals surface area contributed by atoms with Crippen molar-refractivity contribution in [3.63, 3.8) is 0 Å². The van der Waals surface area contributed by atoms with Crippen LogP contribution in [0.1, 0.15) is 30.7 Å². The van der Waals surface area contributed by atoms with E-state index in [-0.39, 0.29) is 0 Å². The van der Waals surface area contributed by atoms with E-state index in [1.807, 2.05) is 25.5 Å². The average molecular weight is 205 g/mol. The number of nitrogens with one attached hydrogen (secondary N) is 1. The first-order valence-electron chi connectivity index (χ1n) is 5.72. The summed E-state index contributed by atoms with van der Waals surface area (Å²) in [6.07, 6.45) is 7.74. The highest BCUT2D eigenvalue weighted by atomic mass is 15.5. The van der Waals surface area contributed by atoms with Crippen LogP contribution in [0.15, 0.2) is 24.5 Å². The Kier molecular flexibility index (Phi) is 3.69. The molecule has 1 aliphatic rings. The van der Waals surface area contributed by atoms with E-state index in [0.717, 1.165) is 13.1 Å². The van der Waals surface area contributed by atoms with Gasteiger partial charge in [-0.25, -0.2) is 5.01 Å². The fraction of sp³-hybridized carbons (Fsp3) is 0.583. The molecule has 0 aliphatic carbocycles. The lowest BCUT2D eigenvalue weighted by Gasteiger charge is -2.23. The van der Waals surface area contributed by atoms with Crippen LogP contribution in [0.25, 0.3) is 0 Å². The zero-order chi connectivity index (χ0) is 10.5. The van der Waals surface area contributed by atoms with Gasteiger partial charge in [-0.3, -0.25) is 10.4 Å². The Morgan fingerprint density at radius 2 is 2.40 bits per heavy atom. The summed E-state index contributed by atoms with van der Waals surface area (Å²) in [5, 5.41) is 2.31. The van der Waals surface area contributed by atoms with Crippen molar-refractivity contribution in [3.8, 4) is 0 Å². The molecule has 1 saturated heterocycles. The van der Waals surface area contributed by atoms with Crippen molar-refractivity contribution in [1.29, 1.82) is 0 Å². The number of hydrogen-bond acceptors (Lipinski definition) is 3. The Balaban J connectivity index is 2.07. The highest BCUT2D eigenvalue weighted by Crippen LogP contribution is 2.24. The molecule has 2 heterocycles. The highest BCUT2D eigenvalue weighted by Gasteiger charge is 2.18. The van der Waals surface area contributed by atoms with Crippen LogP contribution in [0.5, 0.6) is 0 Å². The van der Waals surface area contributed by atoms with Crippen molar-refractivity contribution in [2.75, 3.05) is 20.1 Å². The summed E-state index contributed by atoms with van der Waals surface area (Å²) in [6.45, 7) is 2.26. The molecule has 1 aliphatic heterocycles. The van der Waals surface area contributed by atoms with E-state index in [2.05, 4.69) is 21.5 Å². The van der Waals surface area contributed by atoms with Gasteiger partial charge in [0.05, 0.1) is 0 Å². The zero-order valence-corrected chi connectivity index (χ0v) is 9.32. The minimum atomic E-state index is 0.633. The Bertz CT molecular complexity index is 286. The van der Waals surface area contributed by atoms with E-state index in [9.17, 15) is 0 Å². The third-order valence-electron chi connectivity index (χ3n) is 3.14. The Morgan fingerprint density at radius 1 is 1.47 bits per heavy atom. The van der Waals surface area contributed by atoms with Gasteiger partial charge >= 0.3 is 0 Å². The zero-order valence-electron chi connectivity index (χ0n) is 9.32. The summed E-state index contributed by atoms with van der Waals surface area (Å²) in [4.78, 5) is 4.20. The van der Waals surface area contributed by atoms with Gasteiger partial charge in [0.1, 0.15) is 0 Å². The van der Waals surface area contributed by atoms with Gasteiger partial charge in [-0.1, -0.05) is 12.5 Å². The topological polar surface area (TPSA) is 28.2 Å². The third-order valence-corrected chi connectivity index (χ3v) is 3.14. The van der Waals surface area contributed by atoms with Crippen molar-refractivity contribution in [1.82, 2.24) is 15.4 Å². The number of pyridine rings is 1. The van der Waals surface area contributed by atoms with Crippen molar-refractivity contribution < 1.29 is 0 Å². The van der Waals surface area contributed by atoms with Crippen LogP contribution >= 0.6 is 0 Å². The standard InChI is InChI=1S/C12H19N3/c1-13-15-8-3-2-5-12(10-15)11-6-4-7-14-9-11/h4,6-7,9,12-13H,2-3,5,8,10H2,1H3/t12-/m0/s1. The molecular formula is C12H19N3. The molecule has 3 nitrogen and oxygen atoms in total. The molecule has 0 aromatic carbocycles. The van der Waals surface area contributed by atoms with Gasteiger partial charge in [0.2, 0.25) is 0 Å². The summed E-state index contributed by atoms with van der Waals surface area (Å²) >= 11 is 0. The maximum Gasteiger partial charge on any atom is 0.0303 e. The first kappa shape index (κ1) is 10.6. The Morgan fingerprint density at radius 3 is 3.13 bits per heavy atom. The molecule has 0 spiro atoms. The monoisotopic (exact) mass is 205 g/mol. The summed E-state index contributed by atoms with van der Waals surface area (Å²) in [7, 11) is 2.01. The lowest BCUT2D eigenvalue weighted by molar-refractivity contribution is 0.207. The van der Waals surface area contributed by atoms with Crippen LogP contribution in [0.2, 0.25) is 0 Å². The normalized spacial score (nSPS) is 23.7. The second-order valence-electron chi connectivity index (χ2n) is 4.15. The van der Waals surface area contributed by atoms with E-state index in [4.69, 9.17) is 0 Å². The molecule has 82 valence electrons. The summed E-state index contributed by atoms with van der Waals surface area (Å²) in [5.41, 5.74) is 4.63. The molecule has 15 heavy (non-hydrogen) atoms. The molecule has 1 fully saturated rings. The van der Waals surface area contributed by atoms with Gasteiger partial charge in [0.25, 0.3) is 0 Å². The van der Waals surface area contributed by atoms with Gasteiger partial charge in [-0.2, -0.15) is 0 Å². The predicted molar refractivity (Wildman–Crippen MR) is 61.5 cm³/mol. The maximum absolute atomic E-state index is 4.20. The number of aromatic nitrogens is 1. The van der Waals surface area contributed by atoms with E-state index in [0.29, 0.717) is 5.92 Å². The van der Waals surface area contributed by atoms with Crippen molar-refractivity contribution in [3.05, 3.63) is 30.1 Å². The molecule has 0 unspecified atom stereocenters. The minimum absolute atomic E-state index is 0.633. The Hall–Kier alpha value is -0.930. The van der Waals surface area contributed by atoms with Crippen LogP contribution in [-0.4, -0.2) is 30.1 Å². The quantitative estimate of drug-likeness (QED) is 0.797. The van der Waals surface area contributed by atoms with Crippen molar-refractivity contribution >= 4 is 0 Å². The molecule has 1 atom stereocenters. The number of hydrogen-bond donors (Lipinski definition) is 1. The van der Waals surface area contributed by atoms with E-state index in [1.165, 1.54) is 24.8 Å². The van der Waals surface area contributed by atoms with Gasteiger partial charge < -0.3 is 0 Å². The van der Waals surface area contributed by atoms with Gasteiger partial charge in [-0.05, 0) is 37.4 Å². The molecule has 1 aromatic heterocycles. The first-order valence-corrected chi connectivity index (χ1v) is 5.72. The summed E-state index contributed by atoms with van der Waals surface area (Å²) in [5.74, 6) is 0.633. The Labute approximate surface area is 91.5 Å². The van der Waals surface area contributed by atoms with Gasteiger partial charge in [0.15, 0.2) is 0 Å². The van der Waals surface area contributed by atoms with E-state index in [1.54, 1.807) is 0 Å². The second-order valence-corrected chi connectivity index (χ2v) is 4.15. The molecule has 0 saturated carbocycles. The van der Waals surface area contributed by atoms with Crippen LogP contribution in [0, 0.1) is 0 Å². The van der Waals surface area contributed by atoms with E-state index >= 15 is 0 Å². The van der Waals surface area contributed by atoms with Gasteiger partial charge in [0, 0.05) is 25.5 Å². The molecular weight excluding hydrogens is 186 g/mol. The summed E-state index contributed by atoms with van der Waals surface area (Å²) < 4.78 is 0. The molecule has 0 amide bonds. The highest BCUT2D eigenvalue weighted by molar-refractivity contribution is 5.15. The molecule has 1 aromatic rings. The smallest absolute Gasteiger partial charge is 0.0303 e. The third kappa shape index (κ3) is 2.76. The SMILES string of the molecule is CNN1CCCC[C@H](c2cccnc2)C1. The summed E-state index contributed by atoms with van der Waals surface area (Å²) in [6, 6.07) is 4.22. The fourth-order valence-corrected chi connectivity index (χ4v) is 2.23. The molecule has 0 bridgehead atoms. The van der Waals surface area contributed by atoms with Crippen LogP contribution in [0.3, 0.4) is 0 Å². The minimum Gasteiger partial charge on any atom is -0.264 e. The van der Waals surface area contributed by atoms with Crippen molar-refractivity contribution in [2.24, 2.45) is 0 Å². The van der Waals surface area contributed by atoms with Crippen molar-refractivity contribution in [2.45, 2.75) is 25.2 Å². The second kappa shape index (κ2) is 5.24. The molecule has 1 N–H and O–H groups in total. The van der Waals surface area contributed by atoms with Crippen LogP contribution in [0.4, 0.5) is 0 Å². The van der Waals surface area contributed by atoms with Crippen LogP contribution in [-0.2, 0) is 0 Å². The molecule has 0 radical (unpaired) electrons. The number of hydrazine groups is 1. The molecule has 2 rings (SSSR count). The molecule has 3 heteroatoms. The first-order chi connectivity index (χ1) is 7.40. The number of nitrogens with zero attached hydrogens (tertiary/aromatic N) is 2. The maximum atomic E-state index is 4.20. The number of rotatable bonds is 2. The largest absolute Gasteiger partial charge is 0.264 e. The van der Waals surface area contributed by atoms with Crippen LogP contribution < -0.4 is 5.43 Å². The average Bonchev–Trinajstić information content (AvgIpc) is 2.55. The lowest BCUT2D eigenvalue weighted by Crippen LogP contribution is -2.37. The van der Waals surface area contributed by atoms with E-state index < -0.39 is 0 Å². The predicted octanol–water partition coefficient (Wildman–Crippen LogP) is 1.79. The van der Waals surface area contributed by atoms with Gasteiger partial charge in [-0.15, -0.1) is 0 Å².